The third-order valence-electron chi connectivity index (χ3n) is 4.78. The summed E-state index contributed by atoms with van der Waals surface area (Å²) in [6.07, 6.45) is 2.81. The standard InChI is InChI=1S/C18H25N3O3/c1-12-13(2)24-10-9-21(12)18(22)19-8-7-14-11-20-15-5-4-6-16(23-3)17(14)15/h4-6,11-13,20H,7-10H2,1-3H3,(H,19,22). The predicted molar refractivity (Wildman–Crippen MR) is 93.5 cm³/mol. The Morgan fingerprint density at radius 1 is 1.46 bits per heavy atom. The normalized spacial score (nSPS) is 21.0. The number of carbonyl (C=O) groups excluding carboxylic acids is 1. The molecule has 130 valence electrons. The van der Waals surface area contributed by atoms with Crippen LogP contribution >= 0.6 is 0 Å². The summed E-state index contributed by atoms with van der Waals surface area (Å²) in [5, 5.41) is 4.11. The zero-order chi connectivity index (χ0) is 17.1. The Balaban J connectivity index is 1.61. The van der Waals surface area contributed by atoms with E-state index in [1.165, 1.54) is 0 Å². The van der Waals surface area contributed by atoms with Gasteiger partial charge in [0.1, 0.15) is 5.75 Å². The van der Waals surface area contributed by atoms with E-state index in [0.717, 1.165) is 28.6 Å². The Labute approximate surface area is 142 Å². The predicted octanol–water partition coefficient (Wildman–Crippen LogP) is 2.54. The Hall–Kier alpha value is -2.21. The number of H-pyrrole nitrogens is 1. The van der Waals surface area contributed by atoms with Crippen LogP contribution in [0.5, 0.6) is 5.75 Å². The van der Waals surface area contributed by atoms with Crippen LogP contribution in [0, 0.1) is 0 Å². The van der Waals surface area contributed by atoms with Crippen LogP contribution in [0.15, 0.2) is 24.4 Å². The number of carbonyl (C=O) groups is 1. The van der Waals surface area contributed by atoms with Crippen molar-refractivity contribution in [2.24, 2.45) is 0 Å². The van der Waals surface area contributed by atoms with Crippen molar-refractivity contribution < 1.29 is 14.3 Å². The lowest BCUT2D eigenvalue weighted by atomic mass is 10.1. The van der Waals surface area contributed by atoms with Gasteiger partial charge < -0.3 is 24.7 Å². The van der Waals surface area contributed by atoms with Crippen LogP contribution < -0.4 is 10.1 Å². The summed E-state index contributed by atoms with van der Waals surface area (Å²) in [6.45, 7) is 5.84. The van der Waals surface area contributed by atoms with Gasteiger partial charge in [-0.15, -0.1) is 0 Å². The highest BCUT2D eigenvalue weighted by Crippen LogP contribution is 2.28. The molecule has 6 nitrogen and oxygen atoms in total. The number of hydrogen-bond donors (Lipinski definition) is 2. The van der Waals surface area contributed by atoms with Gasteiger partial charge in [-0.05, 0) is 38.0 Å². The summed E-state index contributed by atoms with van der Waals surface area (Å²) in [7, 11) is 1.67. The molecule has 2 heterocycles. The van der Waals surface area contributed by atoms with E-state index in [0.29, 0.717) is 19.7 Å². The Kier molecular flexibility index (Phi) is 4.94. The Morgan fingerprint density at radius 3 is 3.08 bits per heavy atom. The highest BCUT2D eigenvalue weighted by molar-refractivity contribution is 5.89. The van der Waals surface area contributed by atoms with Crippen LogP contribution in [0.1, 0.15) is 19.4 Å². The van der Waals surface area contributed by atoms with Gasteiger partial charge in [0.05, 0.1) is 25.9 Å². The van der Waals surface area contributed by atoms with Gasteiger partial charge in [0.25, 0.3) is 0 Å². The minimum Gasteiger partial charge on any atom is -0.496 e. The van der Waals surface area contributed by atoms with Crippen molar-refractivity contribution in [1.29, 1.82) is 0 Å². The van der Waals surface area contributed by atoms with Crippen molar-refractivity contribution in [1.82, 2.24) is 15.2 Å². The number of benzene rings is 1. The summed E-state index contributed by atoms with van der Waals surface area (Å²) in [5.74, 6) is 0.853. The van der Waals surface area contributed by atoms with E-state index in [9.17, 15) is 4.79 Å². The van der Waals surface area contributed by atoms with Crippen molar-refractivity contribution in [3.05, 3.63) is 30.0 Å². The molecule has 2 aromatic rings. The zero-order valence-corrected chi connectivity index (χ0v) is 14.5. The number of fused-ring (bicyclic) bond motifs is 1. The zero-order valence-electron chi connectivity index (χ0n) is 14.5. The summed E-state index contributed by atoms with van der Waals surface area (Å²) < 4.78 is 11.0. The number of urea groups is 1. The summed E-state index contributed by atoms with van der Waals surface area (Å²) in [5.41, 5.74) is 2.19. The molecule has 1 fully saturated rings. The molecule has 6 heteroatoms. The second kappa shape index (κ2) is 7.13. The molecule has 0 radical (unpaired) electrons. The Bertz CT molecular complexity index is 713. The van der Waals surface area contributed by atoms with Gasteiger partial charge >= 0.3 is 6.03 Å². The van der Waals surface area contributed by atoms with Crippen molar-refractivity contribution in [3.63, 3.8) is 0 Å². The molecule has 2 amide bonds. The summed E-state index contributed by atoms with van der Waals surface area (Å²) in [6, 6.07) is 6.01. The minimum atomic E-state index is -0.0237. The number of nitrogens with one attached hydrogen (secondary N) is 2. The number of aromatic nitrogens is 1. The number of rotatable bonds is 4. The van der Waals surface area contributed by atoms with Crippen molar-refractivity contribution >= 4 is 16.9 Å². The molecule has 0 aliphatic carbocycles. The lowest BCUT2D eigenvalue weighted by Gasteiger charge is -2.37. The number of aromatic amines is 1. The summed E-state index contributed by atoms with van der Waals surface area (Å²) >= 11 is 0. The smallest absolute Gasteiger partial charge is 0.317 e. The first kappa shape index (κ1) is 16.6. The van der Waals surface area contributed by atoms with Crippen molar-refractivity contribution in [2.45, 2.75) is 32.4 Å². The molecule has 1 aliphatic rings. The van der Waals surface area contributed by atoms with Crippen molar-refractivity contribution in [3.8, 4) is 5.75 Å². The molecular formula is C18H25N3O3. The van der Waals surface area contributed by atoms with Crippen LogP contribution in [0.4, 0.5) is 4.79 Å². The maximum absolute atomic E-state index is 12.4. The average Bonchev–Trinajstić information content (AvgIpc) is 3.00. The second-order valence-electron chi connectivity index (χ2n) is 6.19. The molecule has 0 bridgehead atoms. The number of hydrogen-bond acceptors (Lipinski definition) is 3. The highest BCUT2D eigenvalue weighted by atomic mass is 16.5. The minimum absolute atomic E-state index is 0.0237. The van der Waals surface area contributed by atoms with Gasteiger partial charge in [-0.25, -0.2) is 4.79 Å². The molecule has 1 aromatic heterocycles. The van der Waals surface area contributed by atoms with E-state index in [-0.39, 0.29) is 18.2 Å². The molecule has 2 N–H and O–H groups in total. The average molecular weight is 331 g/mol. The maximum atomic E-state index is 12.4. The van der Waals surface area contributed by atoms with E-state index in [2.05, 4.69) is 10.3 Å². The highest BCUT2D eigenvalue weighted by Gasteiger charge is 2.28. The molecule has 1 saturated heterocycles. The van der Waals surface area contributed by atoms with Gasteiger partial charge in [-0.2, -0.15) is 0 Å². The molecule has 1 aliphatic heterocycles. The van der Waals surface area contributed by atoms with Gasteiger partial charge in [0.15, 0.2) is 0 Å². The van der Waals surface area contributed by atoms with Crippen molar-refractivity contribution in [2.75, 3.05) is 26.8 Å². The first-order chi connectivity index (χ1) is 11.6. The number of morpholine rings is 1. The van der Waals surface area contributed by atoms with E-state index in [1.54, 1.807) is 7.11 Å². The quantitative estimate of drug-likeness (QED) is 0.905. The molecule has 1 aromatic carbocycles. The van der Waals surface area contributed by atoms with Crippen LogP contribution in [0.3, 0.4) is 0 Å². The third-order valence-corrected chi connectivity index (χ3v) is 4.78. The topological polar surface area (TPSA) is 66.6 Å². The van der Waals surface area contributed by atoms with Crippen LogP contribution in [-0.4, -0.2) is 54.9 Å². The van der Waals surface area contributed by atoms with E-state index < -0.39 is 0 Å². The fourth-order valence-corrected chi connectivity index (χ4v) is 3.21. The fraction of sp³-hybridized carbons (Fsp3) is 0.500. The first-order valence-corrected chi connectivity index (χ1v) is 8.41. The fourth-order valence-electron chi connectivity index (χ4n) is 3.21. The maximum Gasteiger partial charge on any atom is 0.317 e. The molecular weight excluding hydrogens is 306 g/mol. The molecule has 24 heavy (non-hydrogen) atoms. The molecule has 2 atom stereocenters. The van der Waals surface area contributed by atoms with Gasteiger partial charge in [0, 0.05) is 30.2 Å². The number of amides is 2. The van der Waals surface area contributed by atoms with Crippen LogP contribution in [0.25, 0.3) is 10.9 Å². The molecule has 3 rings (SSSR count). The van der Waals surface area contributed by atoms with E-state index in [1.807, 2.05) is 43.1 Å². The number of ether oxygens (including phenoxy) is 2. The number of methoxy groups -OCH3 is 1. The van der Waals surface area contributed by atoms with E-state index in [4.69, 9.17) is 9.47 Å². The Morgan fingerprint density at radius 2 is 2.29 bits per heavy atom. The molecule has 0 saturated carbocycles. The largest absolute Gasteiger partial charge is 0.496 e. The van der Waals surface area contributed by atoms with Crippen LogP contribution in [0.2, 0.25) is 0 Å². The summed E-state index contributed by atoms with van der Waals surface area (Å²) in [4.78, 5) is 17.5. The van der Waals surface area contributed by atoms with E-state index >= 15 is 0 Å². The SMILES string of the molecule is COc1cccc2[nH]cc(CCNC(=O)N3CCOC(C)C3C)c12. The van der Waals surface area contributed by atoms with Crippen LogP contribution in [-0.2, 0) is 11.2 Å². The lowest BCUT2D eigenvalue weighted by Crippen LogP contribution is -2.54. The van der Waals surface area contributed by atoms with Gasteiger partial charge in [-0.3, -0.25) is 0 Å². The van der Waals surface area contributed by atoms with Gasteiger partial charge in [0.2, 0.25) is 0 Å². The number of nitrogens with zero attached hydrogens (tertiary/aromatic N) is 1. The third kappa shape index (κ3) is 3.19. The molecule has 2 unspecified atom stereocenters. The van der Waals surface area contributed by atoms with Gasteiger partial charge in [-0.1, -0.05) is 6.07 Å². The monoisotopic (exact) mass is 331 g/mol. The lowest BCUT2D eigenvalue weighted by molar-refractivity contribution is -0.0375. The second-order valence-corrected chi connectivity index (χ2v) is 6.19. The first-order valence-electron chi connectivity index (χ1n) is 8.41. The molecule has 0 spiro atoms.